The Morgan fingerprint density at radius 2 is 2.17 bits per heavy atom. The van der Waals surface area contributed by atoms with Crippen LogP contribution in [0.1, 0.15) is 57.3 Å². The summed E-state index contributed by atoms with van der Waals surface area (Å²) in [6.45, 7) is 9.65. The fraction of sp³-hybridized carbons (Fsp3) is 0.611. The maximum Gasteiger partial charge on any atom is 0.293 e. The van der Waals surface area contributed by atoms with Crippen molar-refractivity contribution in [2.24, 2.45) is 5.92 Å². The molecular formula is C18H27N3O3. The Morgan fingerprint density at radius 3 is 2.75 bits per heavy atom. The topological polar surface area (TPSA) is 75.5 Å². The van der Waals surface area contributed by atoms with E-state index in [-0.39, 0.29) is 17.1 Å². The predicted molar refractivity (Wildman–Crippen MR) is 95.5 cm³/mol. The second-order valence-electron chi connectivity index (χ2n) is 7.35. The average Bonchev–Trinajstić information content (AvgIpc) is 2.53. The van der Waals surface area contributed by atoms with Gasteiger partial charge in [-0.15, -0.1) is 0 Å². The molecule has 0 aromatic heterocycles. The molecular weight excluding hydrogens is 306 g/mol. The molecule has 1 aromatic rings. The van der Waals surface area contributed by atoms with E-state index < -0.39 is 4.92 Å². The molecule has 1 aromatic carbocycles. The Morgan fingerprint density at radius 1 is 1.46 bits per heavy atom. The number of nitrogens with one attached hydrogen (secondary N) is 1. The first-order chi connectivity index (χ1) is 11.2. The fourth-order valence-electron chi connectivity index (χ4n) is 2.95. The number of carbonyl (C=O) groups excluding carboxylic acids is 1. The molecule has 6 nitrogen and oxygen atoms in total. The second-order valence-corrected chi connectivity index (χ2v) is 7.35. The van der Waals surface area contributed by atoms with Crippen LogP contribution < -0.4 is 10.2 Å². The molecule has 0 unspecified atom stereocenters. The molecule has 1 fully saturated rings. The van der Waals surface area contributed by atoms with Gasteiger partial charge in [0.25, 0.3) is 11.6 Å². The highest BCUT2D eigenvalue weighted by Gasteiger charge is 2.26. The van der Waals surface area contributed by atoms with Gasteiger partial charge in [-0.2, -0.15) is 0 Å². The standard InChI is InChI=1S/C18H27N3O3/c1-5-18(3,4)19-17(22)14-8-9-15(16(11-14)21(23)24)20-10-6-7-13(2)12-20/h8-9,11,13H,5-7,10,12H2,1-4H3,(H,19,22)/t13-/m1/s1. The third kappa shape index (κ3) is 4.24. The molecule has 1 saturated heterocycles. The van der Waals surface area contributed by atoms with Crippen LogP contribution in [0.3, 0.4) is 0 Å². The third-order valence-corrected chi connectivity index (χ3v) is 4.77. The minimum atomic E-state index is -0.393. The van der Waals surface area contributed by atoms with Gasteiger partial charge in [0.15, 0.2) is 0 Å². The first-order valence-corrected chi connectivity index (χ1v) is 8.59. The lowest BCUT2D eigenvalue weighted by molar-refractivity contribution is -0.384. The minimum absolute atomic E-state index is 0.00561. The highest BCUT2D eigenvalue weighted by Crippen LogP contribution is 2.32. The zero-order valence-corrected chi connectivity index (χ0v) is 15.0. The Balaban J connectivity index is 2.29. The summed E-state index contributed by atoms with van der Waals surface area (Å²) < 4.78 is 0. The van der Waals surface area contributed by atoms with E-state index in [2.05, 4.69) is 17.1 Å². The fourth-order valence-corrected chi connectivity index (χ4v) is 2.95. The first kappa shape index (κ1) is 18.2. The number of nitro groups is 1. The molecule has 132 valence electrons. The maximum atomic E-state index is 12.4. The molecule has 0 spiro atoms. The van der Waals surface area contributed by atoms with Crippen LogP contribution in [0.4, 0.5) is 11.4 Å². The molecule has 24 heavy (non-hydrogen) atoms. The largest absolute Gasteiger partial charge is 0.366 e. The number of hydrogen-bond donors (Lipinski definition) is 1. The summed E-state index contributed by atoms with van der Waals surface area (Å²) in [5, 5.41) is 14.4. The van der Waals surface area contributed by atoms with E-state index >= 15 is 0 Å². The molecule has 1 N–H and O–H groups in total. The molecule has 1 heterocycles. The van der Waals surface area contributed by atoms with Crippen molar-refractivity contribution in [2.75, 3.05) is 18.0 Å². The quantitative estimate of drug-likeness (QED) is 0.658. The van der Waals surface area contributed by atoms with Crippen LogP contribution in [0, 0.1) is 16.0 Å². The molecule has 1 aliphatic heterocycles. The van der Waals surface area contributed by atoms with Crippen LogP contribution in [0.5, 0.6) is 0 Å². The van der Waals surface area contributed by atoms with E-state index in [1.165, 1.54) is 6.07 Å². The lowest BCUT2D eigenvalue weighted by atomic mass is 9.98. The van der Waals surface area contributed by atoms with Gasteiger partial charge in [0.1, 0.15) is 5.69 Å². The number of amides is 1. The van der Waals surface area contributed by atoms with Gasteiger partial charge >= 0.3 is 0 Å². The van der Waals surface area contributed by atoms with Crippen molar-refractivity contribution >= 4 is 17.3 Å². The molecule has 6 heteroatoms. The van der Waals surface area contributed by atoms with Crippen LogP contribution in [0.15, 0.2) is 18.2 Å². The summed E-state index contributed by atoms with van der Waals surface area (Å²) in [5.74, 6) is 0.246. The van der Waals surface area contributed by atoms with Gasteiger partial charge in [-0.25, -0.2) is 0 Å². The average molecular weight is 333 g/mol. The minimum Gasteiger partial charge on any atom is -0.366 e. The van der Waals surface area contributed by atoms with Gasteiger partial charge in [-0.1, -0.05) is 13.8 Å². The normalized spacial score (nSPS) is 18.3. The number of nitro benzene ring substituents is 1. The number of carbonyl (C=O) groups is 1. The predicted octanol–water partition coefficient (Wildman–Crippen LogP) is 3.75. The zero-order chi connectivity index (χ0) is 17.9. The summed E-state index contributed by atoms with van der Waals surface area (Å²) in [7, 11) is 0. The van der Waals surface area contributed by atoms with Crippen molar-refractivity contribution in [1.29, 1.82) is 0 Å². The highest BCUT2D eigenvalue weighted by molar-refractivity contribution is 5.96. The number of hydrogen-bond acceptors (Lipinski definition) is 4. The first-order valence-electron chi connectivity index (χ1n) is 8.59. The number of rotatable bonds is 5. The Labute approximate surface area is 143 Å². The third-order valence-electron chi connectivity index (χ3n) is 4.77. The lowest BCUT2D eigenvalue weighted by Gasteiger charge is -2.32. The second kappa shape index (κ2) is 7.20. The number of nitrogens with zero attached hydrogens (tertiary/aromatic N) is 2. The van der Waals surface area contributed by atoms with Crippen molar-refractivity contribution in [1.82, 2.24) is 5.32 Å². The molecule has 1 amide bonds. The van der Waals surface area contributed by atoms with Crippen molar-refractivity contribution in [2.45, 2.75) is 52.5 Å². The van der Waals surface area contributed by atoms with E-state index in [0.29, 0.717) is 17.2 Å². The smallest absolute Gasteiger partial charge is 0.293 e. The van der Waals surface area contributed by atoms with Crippen molar-refractivity contribution < 1.29 is 9.72 Å². The monoisotopic (exact) mass is 333 g/mol. The van der Waals surface area contributed by atoms with Gasteiger partial charge in [0.05, 0.1) is 4.92 Å². The van der Waals surface area contributed by atoms with Crippen LogP contribution in [0.25, 0.3) is 0 Å². The van der Waals surface area contributed by atoms with Crippen LogP contribution in [-0.4, -0.2) is 29.5 Å². The molecule has 2 rings (SSSR count). The zero-order valence-electron chi connectivity index (χ0n) is 15.0. The molecule has 0 aliphatic carbocycles. The van der Waals surface area contributed by atoms with Crippen LogP contribution in [-0.2, 0) is 0 Å². The van der Waals surface area contributed by atoms with E-state index in [4.69, 9.17) is 0 Å². The van der Waals surface area contributed by atoms with E-state index in [1.54, 1.807) is 12.1 Å². The van der Waals surface area contributed by atoms with Crippen LogP contribution >= 0.6 is 0 Å². The summed E-state index contributed by atoms with van der Waals surface area (Å²) >= 11 is 0. The van der Waals surface area contributed by atoms with Gasteiger partial charge in [-0.3, -0.25) is 14.9 Å². The molecule has 0 saturated carbocycles. The molecule has 1 aliphatic rings. The summed E-state index contributed by atoms with van der Waals surface area (Å²) in [5.41, 5.74) is 0.605. The Bertz CT molecular complexity index is 628. The Hall–Kier alpha value is -2.11. The number of piperidine rings is 1. The summed E-state index contributed by atoms with van der Waals surface area (Å²) in [6, 6.07) is 4.79. The molecule has 0 radical (unpaired) electrons. The van der Waals surface area contributed by atoms with Crippen molar-refractivity contribution in [3.05, 3.63) is 33.9 Å². The number of anilines is 1. The number of benzene rings is 1. The van der Waals surface area contributed by atoms with Crippen molar-refractivity contribution in [3.63, 3.8) is 0 Å². The van der Waals surface area contributed by atoms with E-state index in [1.807, 2.05) is 20.8 Å². The van der Waals surface area contributed by atoms with E-state index in [0.717, 1.165) is 32.4 Å². The molecule has 0 bridgehead atoms. The summed E-state index contributed by atoms with van der Waals surface area (Å²) in [6.07, 6.45) is 2.96. The summed E-state index contributed by atoms with van der Waals surface area (Å²) in [4.78, 5) is 25.6. The van der Waals surface area contributed by atoms with Crippen molar-refractivity contribution in [3.8, 4) is 0 Å². The molecule has 1 atom stereocenters. The SMILES string of the molecule is CCC(C)(C)NC(=O)c1ccc(N2CCC[C@@H](C)C2)c([N+](=O)[O-])c1. The van der Waals surface area contributed by atoms with Gasteiger partial charge in [0.2, 0.25) is 0 Å². The van der Waals surface area contributed by atoms with Gasteiger partial charge in [0, 0.05) is 30.3 Å². The van der Waals surface area contributed by atoms with Gasteiger partial charge < -0.3 is 10.2 Å². The highest BCUT2D eigenvalue weighted by atomic mass is 16.6. The maximum absolute atomic E-state index is 12.4. The Kier molecular flexibility index (Phi) is 5.47. The lowest BCUT2D eigenvalue weighted by Crippen LogP contribution is -2.42. The van der Waals surface area contributed by atoms with Gasteiger partial charge in [-0.05, 0) is 51.2 Å². The van der Waals surface area contributed by atoms with Crippen LogP contribution in [0.2, 0.25) is 0 Å². The van der Waals surface area contributed by atoms with E-state index in [9.17, 15) is 14.9 Å².